The van der Waals surface area contributed by atoms with Gasteiger partial charge in [0.25, 0.3) is 0 Å². The fraction of sp³-hybridized carbons (Fsp3) is 1.00. The van der Waals surface area contributed by atoms with E-state index in [1.807, 2.05) is 0 Å². The van der Waals surface area contributed by atoms with Crippen molar-refractivity contribution in [1.29, 1.82) is 0 Å². The lowest BCUT2D eigenvalue weighted by atomic mass is 9.99. The van der Waals surface area contributed by atoms with Crippen LogP contribution in [0.15, 0.2) is 0 Å². The Hall–Kier alpha value is -0.320. The Morgan fingerprint density at radius 2 is 1.53 bits per heavy atom. The van der Waals surface area contributed by atoms with Gasteiger partial charge < -0.3 is 40.1 Å². The van der Waals surface area contributed by atoms with Crippen molar-refractivity contribution in [1.82, 2.24) is 0 Å². The second kappa shape index (κ2) is 6.57. The molecule has 0 saturated carbocycles. The molecule has 1 saturated heterocycles. The molecule has 0 aromatic carbocycles. The molecule has 5 atom stereocenters. The molecule has 102 valence electrons. The van der Waals surface area contributed by atoms with E-state index < -0.39 is 56.6 Å². The topological polar surface area (TPSA) is 140 Å². The molecule has 17 heavy (non-hydrogen) atoms. The maximum Gasteiger partial charge on any atom is 0.187 e. The lowest BCUT2D eigenvalue weighted by Gasteiger charge is -2.40. The molecule has 0 radical (unpaired) electrons. The van der Waals surface area contributed by atoms with Crippen molar-refractivity contribution in [2.75, 3.05) is 19.8 Å². The smallest absolute Gasteiger partial charge is 0.187 e. The van der Waals surface area contributed by atoms with Crippen LogP contribution < -0.4 is 0 Å². The van der Waals surface area contributed by atoms with Crippen LogP contribution in [0.5, 0.6) is 0 Å². The average molecular weight is 254 g/mol. The summed E-state index contributed by atoms with van der Waals surface area (Å²) in [7, 11) is 0. The Morgan fingerprint density at radius 1 is 0.941 bits per heavy atom. The monoisotopic (exact) mass is 254 g/mol. The van der Waals surface area contributed by atoms with E-state index >= 15 is 0 Å². The number of rotatable bonds is 5. The highest BCUT2D eigenvalue weighted by atomic mass is 16.7. The third-order valence-electron chi connectivity index (χ3n) is 2.58. The largest absolute Gasteiger partial charge is 0.394 e. The van der Waals surface area contributed by atoms with Crippen LogP contribution in [0.3, 0.4) is 0 Å². The number of ether oxygens (including phenoxy) is 2. The number of hydrogen-bond acceptors (Lipinski definition) is 8. The van der Waals surface area contributed by atoms with Crippen molar-refractivity contribution >= 4 is 0 Å². The summed E-state index contributed by atoms with van der Waals surface area (Å²) in [5.74, 6) is 0. The van der Waals surface area contributed by atoms with Gasteiger partial charge in [-0.3, -0.25) is 0 Å². The predicted molar refractivity (Wildman–Crippen MR) is 52.8 cm³/mol. The highest BCUT2D eigenvalue weighted by Gasteiger charge is 2.44. The van der Waals surface area contributed by atoms with E-state index in [-0.39, 0.29) is 0 Å². The second-order valence-electron chi connectivity index (χ2n) is 3.82. The number of aliphatic hydroxyl groups excluding tert-OH is 6. The number of hydrogen-bond donors (Lipinski definition) is 6. The first-order valence-electron chi connectivity index (χ1n) is 5.22. The van der Waals surface area contributed by atoms with Gasteiger partial charge in [0.2, 0.25) is 0 Å². The minimum Gasteiger partial charge on any atom is -0.394 e. The molecule has 8 nitrogen and oxygen atoms in total. The van der Waals surface area contributed by atoms with Crippen LogP contribution in [-0.2, 0) is 9.47 Å². The Bertz CT molecular complexity index is 217. The first kappa shape index (κ1) is 14.7. The molecular formula is C9H18O8. The van der Waals surface area contributed by atoms with Gasteiger partial charge in [-0.15, -0.1) is 0 Å². The van der Waals surface area contributed by atoms with Crippen LogP contribution in [0, 0.1) is 0 Å². The summed E-state index contributed by atoms with van der Waals surface area (Å²) in [5, 5.41) is 55.0. The van der Waals surface area contributed by atoms with Crippen molar-refractivity contribution in [3.8, 4) is 0 Å². The van der Waals surface area contributed by atoms with Crippen molar-refractivity contribution in [2.45, 2.75) is 36.8 Å². The fourth-order valence-corrected chi connectivity index (χ4v) is 1.51. The van der Waals surface area contributed by atoms with Gasteiger partial charge in [0, 0.05) is 0 Å². The van der Waals surface area contributed by atoms with E-state index in [0.717, 1.165) is 0 Å². The van der Waals surface area contributed by atoms with Gasteiger partial charge in [-0.25, -0.2) is 0 Å². The van der Waals surface area contributed by atoms with E-state index in [0.29, 0.717) is 0 Å². The molecule has 0 aromatic rings. The molecule has 0 spiro atoms. The summed E-state index contributed by atoms with van der Waals surface area (Å²) in [5.41, 5.74) is 0. The third kappa shape index (κ3) is 3.33. The van der Waals surface area contributed by atoms with Gasteiger partial charge in [-0.05, 0) is 0 Å². The zero-order chi connectivity index (χ0) is 13.0. The minimum absolute atomic E-state index is 0.495. The first-order valence-corrected chi connectivity index (χ1v) is 5.22. The fourth-order valence-electron chi connectivity index (χ4n) is 1.51. The molecular weight excluding hydrogens is 236 g/mol. The maximum atomic E-state index is 9.56. The van der Waals surface area contributed by atoms with Gasteiger partial charge in [0.05, 0.1) is 19.8 Å². The van der Waals surface area contributed by atoms with Crippen molar-refractivity contribution < 1.29 is 40.1 Å². The molecule has 8 heteroatoms. The normalized spacial score (nSPS) is 38.6. The highest BCUT2D eigenvalue weighted by Crippen LogP contribution is 2.22. The first-order chi connectivity index (χ1) is 8.04. The van der Waals surface area contributed by atoms with Crippen LogP contribution >= 0.6 is 0 Å². The predicted octanol–water partition coefficient (Wildman–Crippen LogP) is -3.84. The summed E-state index contributed by atoms with van der Waals surface area (Å²) in [6.07, 6.45) is -7.92. The zero-order valence-electron chi connectivity index (χ0n) is 9.09. The summed E-state index contributed by atoms with van der Waals surface area (Å²) < 4.78 is 10.0. The van der Waals surface area contributed by atoms with Crippen LogP contribution in [0.25, 0.3) is 0 Å². The summed E-state index contributed by atoms with van der Waals surface area (Å²) in [4.78, 5) is 0. The SMILES string of the molecule is OCC(CO)O[C@H]1OC(CO)[C@@H](O)C(O)C1O. The van der Waals surface area contributed by atoms with E-state index in [4.69, 9.17) is 24.8 Å². The summed E-state index contributed by atoms with van der Waals surface area (Å²) >= 11 is 0. The maximum absolute atomic E-state index is 9.56. The molecule has 0 aliphatic carbocycles. The molecule has 1 heterocycles. The Morgan fingerprint density at radius 3 is 2.00 bits per heavy atom. The van der Waals surface area contributed by atoms with E-state index in [9.17, 15) is 15.3 Å². The summed E-state index contributed by atoms with van der Waals surface area (Å²) in [6, 6.07) is 0. The van der Waals surface area contributed by atoms with Gasteiger partial charge >= 0.3 is 0 Å². The Balaban J connectivity index is 2.65. The average Bonchev–Trinajstić information content (AvgIpc) is 2.35. The Labute approximate surface area is 97.6 Å². The number of aliphatic hydroxyl groups is 6. The van der Waals surface area contributed by atoms with Crippen molar-refractivity contribution in [3.63, 3.8) is 0 Å². The molecule has 1 aliphatic rings. The minimum atomic E-state index is -1.54. The molecule has 0 aromatic heterocycles. The third-order valence-corrected chi connectivity index (χ3v) is 2.58. The molecule has 1 aliphatic heterocycles. The standard InChI is InChI=1S/C9H18O8/c10-1-4(2-11)16-9-8(15)7(14)6(13)5(3-12)17-9/h4-15H,1-3H2/t5?,6-,7?,8?,9+/m1/s1. The molecule has 3 unspecified atom stereocenters. The quantitative estimate of drug-likeness (QED) is 0.293. The van der Waals surface area contributed by atoms with Gasteiger partial charge in [-0.2, -0.15) is 0 Å². The second-order valence-corrected chi connectivity index (χ2v) is 3.82. The molecule has 0 bridgehead atoms. The molecule has 6 N–H and O–H groups in total. The molecule has 1 rings (SSSR count). The van der Waals surface area contributed by atoms with Gasteiger partial charge in [-0.1, -0.05) is 0 Å². The van der Waals surface area contributed by atoms with Crippen molar-refractivity contribution in [3.05, 3.63) is 0 Å². The van der Waals surface area contributed by atoms with E-state index in [2.05, 4.69) is 0 Å². The van der Waals surface area contributed by atoms with Crippen LogP contribution in [0.2, 0.25) is 0 Å². The zero-order valence-corrected chi connectivity index (χ0v) is 9.09. The van der Waals surface area contributed by atoms with E-state index in [1.165, 1.54) is 0 Å². The molecule has 1 fully saturated rings. The van der Waals surface area contributed by atoms with Crippen LogP contribution in [0.4, 0.5) is 0 Å². The van der Waals surface area contributed by atoms with Crippen LogP contribution in [-0.4, -0.2) is 87.3 Å². The molecule has 0 amide bonds. The van der Waals surface area contributed by atoms with Gasteiger partial charge in [0.15, 0.2) is 6.29 Å². The summed E-state index contributed by atoms with van der Waals surface area (Å²) in [6.45, 7) is -1.55. The van der Waals surface area contributed by atoms with Crippen molar-refractivity contribution in [2.24, 2.45) is 0 Å². The lowest BCUT2D eigenvalue weighted by Crippen LogP contribution is -2.60. The highest BCUT2D eigenvalue weighted by molar-refractivity contribution is 4.89. The Kier molecular flexibility index (Phi) is 5.70. The van der Waals surface area contributed by atoms with Gasteiger partial charge in [0.1, 0.15) is 30.5 Å². The lowest BCUT2D eigenvalue weighted by molar-refractivity contribution is -0.315. The van der Waals surface area contributed by atoms with Crippen LogP contribution in [0.1, 0.15) is 0 Å². The van der Waals surface area contributed by atoms with E-state index in [1.54, 1.807) is 0 Å².